The number of carbonyl (C=O) groups is 1. The van der Waals surface area contributed by atoms with Crippen molar-refractivity contribution in [3.05, 3.63) is 35.9 Å². The van der Waals surface area contributed by atoms with E-state index in [1.54, 1.807) is 0 Å². The molecule has 116 valence electrons. The van der Waals surface area contributed by atoms with Crippen LogP contribution in [0.1, 0.15) is 81.5 Å². The van der Waals surface area contributed by atoms with Crippen molar-refractivity contribution in [1.82, 2.24) is 0 Å². The number of rotatable bonds is 7. The standard InChI is InChI=1S/C19H28O2/c1-2-3-4-9-14-19(15-10-6-11-16-19)21-18(20)17-12-7-5-8-13-17/h5,7-8,12-13H,2-4,6,9-11,14-16H2,1H3. The molecule has 1 fully saturated rings. The Labute approximate surface area is 128 Å². The third kappa shape index (κ3) is 4.87. The average molecular weight is 288 g/mol. The highest BCUT2D eigenvalue weighted by molar-refractivity contribution is 5.89. The van der Waals surface area contributed by atoms with E-state index in [9.17, 15) is 4.79 Å². The Hall–Kier alpha value is -1.31. The Kier molecular flexibility index (Phi) is 6.28. The maximum absolute atomic E-state index is 12.4. The van der Waals surface area contributed by atoms with Crippen molar-refractivity contribution >= 4 is 5.97 Å². The molecular weight excluding hydrogens is 260 g/mol. The summed E-state index contributed by atoms with van der Waals surface area (Å²) in [6.07, 6.45) is 11.7. The van der Waals surface area contributed by atoms with Crippen LogP contribution in [0.2, 0.25) is 0 Å². The molecule has 0 bridgehead atoms. The summed E-state index contributed by atoms with van der Waals surface area (Å²) in [5.41, 5.74) is 0.481. The zero-order chi connectivity index (χ0) is 15.0. The Bertz CT molecular complexity index is 418. The van der Waals surface area contributed by atoms with Crippen LogP contribution in [-0.4, -0.2) is 11.6 Å². The molecule has 1 aromatic carbocycles. The van der Waals surface area contributed by atoms with Gasteiger partial charge in [0.1, 0.15) is 5.60 Å². The molecule has 1 aromatic rings. The Balaban J connectivity index is 1.97. The molecule has 0 saturated heterocycles. The first kappa shape index (κ1) is 16.1. The quantitative estimate of drug-likeness (QED) is 0.488. The fourth-order valence-electron chi connectivity index (χ4n) is 3.30. The lowest BCUT2D eigenvalue weighted by atomic mass is 9.81. The van der Waals surface area contributed by atoms with E-state index in [1.165, 1.54) is 44.9 Å². The van der Waals surface area contributed by atoms with Crippen molar-refractivity contribution in [2.24, 2.45) is 0 Å². The van der Waals surface area contributed by atoms with Crippen molar-refractivity contribution in [1.29, 1.82) is 0 Å². The summed E-state index contributed by atoms with van der Waals surface area (Å²) in [5.74, 6) is -0.145. The Morgan fingerprint density at radius 3 is 2.43 bits per heavy atom. The molecular formula is C19H28O2. The minimum absolute atomic E-state index is 0.145. The number of carbonyl (C=O) groups excluding carboxylic acids is 1. The van der Waals surface area contributed by atoms with Crippen LogP contribution < -0.4 is 0 Å². The van der Waals surface area contributed by atoms with Gasteiger partial charge in [-0.3, -0.25) is 0 Å². The molecule has 0 atom stereocenters. The Morgan fingerprint density at radius 2 is 1.76 bits per heavy atom. The maximum atomic E-state index is 12.4. The SMILES string of the molecule is CCCCCCC1(OC(=O)c2ccccc2)CCCCC1. The van der Waals surface area contributed by atoms with Crippen molar-refractivity contribution in [2.75, 3.05) is 0 Å². The molecule has 0 radical (unpaired) electrons. The first-order valence-electron chi connectivity index (χ1n) is 8.54. The van der Waals surface area contributed by atoms with E-state index in [4.69, 9.17) is 4.74 Å². The predicted octanol–water partition coefficient (Wildman–Crippen LogP) is 5.52. The summed E-state index contributed by atoms with van der Waals surface area (Å²) in [4.78, 5) is 12.4. The third-order valence-electron chi connectivity index (χ3n) is 4.57. The number of hydrogen-bond donors (Lipinski definition) is 0. The highest BCUT2D eigenvalue weighted by Crippen LogP contribution is 2.36. The van der Waals surface area contributed by atoms with Gasteiger partial charge in [0.05, 0.1) is 5.56 Å². The summed E-state index contributed by atoms with van der Waals surface area (Å²) in [5, 5.41) is 0. The largest absolute Gasteiger partial charge is 0.455 e. The molecule has 0 spiro atoms. The molecule has 1 aliphatic rings. The zero-order valence-corrected chi connectivity index (χ0v) is 13.3. The highest BCUT2D eigenvalue weighted by Gasteiger charge is 2.35. The molecule has 0 unspecified atom stereocenters. The van der Waals surface area contributed by atoms with Crippen molar-refractivity contribution in [2.45, 2.75) is 76.7 Å². The van der Waals surface area contributed by atoms with Crippen molar-refractivity contribution < 1.29 is 9.53 Å². The summed E-state index contributed by atoms with van der Waals surface area (Å²) < 4.78 is 6.01. The van der Waals surface area contributed by atoms with Gasteiger partial charge < -0.3 is 4.74 Å². The van der Waals surface area contributed by atoms with Gasteiger partial charge in [-0.05, 0) is 50.7 Å². The smallest absolute Gasteiger partial charge is 0.338 e. The van der Waals surface area contributed by atoms with Crippen molar-refractivity contribution in [3.63, 3.8) is 0 Å². The topological polar surface area (TPSA) is 26.3 Å². The average Bonchev–Trinajstić information content (AvgIpc) is 2.53. The molecule has 0 heterocycles. The number of hydrogen-bond acceptors (Lipinski definition) is 2. The number of unbranched alkanes of at least 4 members (excludes halogenated alkanes) is 3. The van der Waals surface area contributed by atoms with Crippen LogP contribution in [0, 0.1) is 0 Å². The number of esters is 1. The lowest BCUT2D eigenvalue weighted by Gasteiger charge is -2.37. The van der Waals surface area contributed by atoms with Crippen LogP contribution >= 0.6 is 0 Å². The second kappa shape index (κ2) is 8.21. The number of ether oxygens (including phenoxy) is 1. The van der Waals surface area contributed by atoms with E-state index < -0.39 is 0 Å². The van der Waals surface area contributed by atoms with Crippen molar-refractivity contribution in [3.8, 4) is 0 Å². The first-order chi connectivity index (χ1) is 10.3. The third-order valence-corrected chi connectivity index (χ3v) is 4.57. The van der Waals surface area contributed by atoms with Gasteiger partial charge in [0.15, 0.2) is 0 Å². The van der Waals surface area contributed by atoms with Crippen LogP contribution in [0.15, 0.2) is 30.3 Å². The number of benzene rings is 1. The van der Waals surface area contributed by atoms with E-state index in [-0.39, 0.29) is 11.6 Å². The second-order valence-electron chi connectivity index (χ2n) is 6.31. The maximum Gasteiger partial charge on any atom is 0.338 e. The summed E-state index contributed by atoms with van der Waals surface area (Å²) in [6, 6.07) is 9.40. The van der Waals surface area contributed by atoms with E-state index in [2.05, 4.69) is 6.92 Å². The molecule has 0 amide bonds. The fourth-order valence-corrected chi connectivity index (χ4v) is 3.30. The van der Waals surface area contributed by atoms with Crippen LogP contribution in [0.4, 0.5) is 0 Å². The highest BCUT2D eigenvalue weighted by atomic mass is 16.6. The monoisotopic (exact) mass is 288 g/mol. The summed E-state index contributed by atoms with van der Waals surface area (Å²) >= 11 is 0. The molecule has 0 aromatic heterocycles. The van der Waals surface area contributed by atoms with Gasteiger partial charge in [-0.2, -0.15) is 0 Å². The van der Waals surface area contributed by atoms with E-state index in [0.29, 0.717) is 5.56 Å². The van der Waals surface area contributed by atoms with Gasteiger partial charge >= 0.3 is 5.97 Å². The normalized spacial score (nSPS) is 17.4. The summed E-state index contributed by atoms with van der Waals surface area (Å²) in [6.45, 7) is 2.23. The minimum Gasteiger partial charge on any atom is -0.455 e. The molecule has 2 heteroatoms. The van der Waals surface area contributed by atoms with Crippen LogP contribution in [0.5, 0.6) is 0 Å². The zero-order valence-electron chi connectivity index (χ0n) is 13.3. The molecule has 1 aliphatic carbocycles. The molecule has 21 heavy (non-hydrogen) atoms. The van der Waals surface area contributed by atoms with Gasteiger partial charge in [0.2, 0.25) is 0 Å². The fraction of sp³-hybridized carbons (Fsp3) is 0.632. The minimum atomic E-state index is -0.196. The molecule has 2 nitrogen and oxygen atoms in total. The van der Waals surface area contributed by atoms with E-state index in [0.717, 1.165) is 19.3 Å². The van der Waals surface area contributed by atoms with Crippen LogP contribution in [0.3, 0.4) is 0 Å². The first-order valence-corrected chi connectivity index (χ1v) is 8.54. The Morgan fingerprint density at radius 1 is 1.05 bits per heavy atom. The lowest BCUT2D eigenvalue weighted by molar-refractivity contribution is -0.0436. The van der Waals surface area contributed by atoms with E-state index in [1.807, 2.05) is 30.3 Å². The molecule has 0 aliphatic heterocycles. The summed E-state index contributed by atoms with van der Waals surface area (Å²) in [7, 11) is 0. The van der Waals surface area contributed by atoms with Gasteiger partial charge in [-0.15, -0.1) is 0 Å². The van der Waals surface area contributed by atoms with Gasteiger partial charge in [-0.25, -0.2) is 4.79 Å². The lowest BCUT2D eigenvalue weighted by Crippen LogP contribution is -2.37. The van der Waals surface area contributed by atoms with Gasteiger partial charge in [-0.1, -0.05) is 50.8 Å². The predicted molar refractivity (Wildman–Crippen MR) is 86.4 cm³/mol. The van der Waals surface area contributed by atoms with E-state index >= 15 is 0 Å². The van der Waals surface area contributed by atoms with Gasteiger partial charge in [0, 0.05) is 0 Å². The molecule has 0 N–H and O–H groups in total. The van der Waals surface area contributed by atoms with Crippen LogP contribution in [-0.2, 0) is 4.74 Å². The van der Waals surface area contributed by atoms with Crippen LogP contribution in [0.25, 0.3) is 0 Å². The molecule has 2 rings (SSSR count). The van der Waals surface area contributed by atoms with Gasteiger partial charge in [0.25, 0.3) is 0 Å². The molecule has 1 saturated carbocycles. The second-order valence-corrected chi connectivity index (χ2v) is 6.31.